The molecule has 2 aromatic carbocycles. The first-order valence-corrected chi connectivity index (χ1v) is 10.3. The van der Waals surface area contributed by atoms with Gasteiger partial charge in [-0.2, -0.15) is 5.10 Å². The molecule has 2 aromatic rings. The van der Waals surface area contributed by atoms with Gasteiger partial charge in [0.2, 0.25) is 5.91 Å². The van der Waals surface area contributed by atoms with E-state index >= 15 is 0 Å². The van der Waals surface area contributed by atoms with Crippen molar-refractivity contribution in [3.63, 3.8) is 0 Å². The third-order valence-corrected chi connectivity index (χ3v) is 5.86. The molecule has 1 amide bonds. The zero-order valence-electron chi connectivity index (χ0n) is 17.3. The van der Waals surface area contributed by atoms with E-state index in [2.05, 4.69) is 71.6 Å². The van der Waals surface area contributed by atoms with Crippen molar-refractivity contribution in [1.82, 2.24) is 5.01 Å². The maximum atomic E-state index is 12.8. The maximum Gasteiger partial charge on any atom is 0.249 e. The predicted octanol–water partition coefficient (Wildman–Crippen LogP) is 5.74. The summed E-state index contributed by atoms with van der Waals surface area (Å²) < 4.78 is 0. The summed E-state index contributed by atoms with van der Waals surface area (Å²) in [6.07, 6.45) is 5.18. The Bertz CT molecular complexity index is 1050. The molecule has 0 spiro atoms. The lowest BCUT2D eigenvalue weighted by Crippen LogP contribution is -2.33. The molecule has 0 N–H and O–H groups in total. The lowest BCUT2D eigenvalue weighted by atomic mass is 9.77. The number of hydrazone groups is 1. The lowest BCUT2D eigenvalue weighted by Gasteiger charge is -2.29. The van der Waals surface area contributed by atoms with Crippen LogP contribution in [0.2, 0.25) is 0 Å². The van der Waals surface area contributed by atoms with Crippen LogP contribution in [0.25, 0.3) is 16.5 Å². The molecule has 1 fully saturated rings. The fourth-order valence-corrected chi connectivity index (χ4v) is 4.33. The molecule has 1 aliphatic carbocycles. The number of benzene rings is 2. The van der Waals surface area contributed by atoms with Crippen LogP contribution in [0, 0.1) is 19.8 Å². The number of hydrogen-bond acceptors (Lipinski definition) is 3. The summed E-state index contributed by atoms with van der Waals surface area (Å²) in [5, 5.41) is 9.81. The van der Waals surface area contributed by atoms with Gasteiger partial charge in [0.15, 0.2) is 0 Å². The van der Waals surface area contributed by atoms with E-state index < -0.39 is 0 Å². The van der Waals surface area contributed by atoms with E-state index in [0.29, 0.717) is 0 Å². The van der Waals surface area contributed by atoms with Gasteiger partial charge in [0, 0.05) is 10.8 Å². The molecule has 2 atom stereocenters. The van der Waals surface area contributed by atoms with Gasteiger partial charge in [-0.05, 0) is 61.4 Å². The molecule has 30 heavy (non-hydrogen) atoms. The minimum absolute atomic E-state index is 0.146. The van der Waals surface area contributed by atoms with E-state index in [1.54, 1.807) is 5.01 Å². The Kier molecular flexibility index (Phi) is 5.68. The first kappa shape index (κ1) is 19.9. The number of allylic oxidation sites excluding steroid dienone is 1. The fraction of sp³-hybridized carbons (Fsp3) is 0.333. The average molecular weight is 399 g/mol. The van der Waals surface area contributed by atoms with E-state index in [4.69, 9.17) is 10.6 Å². The summed E-state index contributed by atoms with van der Waals surface area (Å²) in [7, 11) is 0. The van der Waals surface area contributed by atoms with Crippen molar-refractivity contribution in [2.45, 2.75) is 39.2 Å². The second kappa shape index (κ2) is 8.56. The summed E-state index contributed by atoms with van der Waals surface area (Å²) in [5.41, 5.74) is 15.4. The maximum absolute atomic E-state index is 12.8. The van der Waals surface area contributed by atoms with Crippen LogP contribution in [-0.2, 0) is 4.79 Å². The Labute approximate surface area is 176 Å². The fourth-order valence-electron chi connectivity index (χ4n) is 4.33. The Balaban J connectivity index is 1.73. The van der Waals surface area contributed by atoms with Crippen LogP contribution in [0.5, 0.6) is 0 Å². The van der Waals surface area contributed by atoms with Crippen LogP contribution < -0.4 is 0 Å². The normalized spacial score (nSPS) is 21.7. The van der Waals surface area contributed by atoms with Gasteiger partial charge in [-0.3, -0.25) is 4.79 Å². The summed E-state index contributed by atoms with van der Waals surface area (Å²) >= 11 is 0. The van der Waals surface area contributed by atoms with E-state index in [9.17, 15) is 4.79 Å². The van der Waals surface area contributed by atoms with Gasteiger partial charge in [0.05, 0.1) is 11.8 Å². The second-order valence-electron chi connectivity index (χ2n) is 8.05. The monoisotopic (exact) mass is 399 g/mol. The highest BCUT2D eigenvalue weighted by atomic mass is 16.2. The zero-order valence-corrected chi connectivity index (χ0v) is 17.3. The first-order chi connectivity index (χ1) is 14.6. The molecule has 2 aliphatic rings. The number of rotatable bonds is 4. The van der Waals surface area contributed by atoms with Crippen molar-refractivity contribution in [1.29, 1.82) is 0 Å². The van der Waals surface area contributed by atoms with Crippen LogP contribution in [0.15, 0.2) is 64.3 Å². The third kappa shape index (κ3) is 4.00. The average Bonchev–Trinajstić information content (AvgIpc) is 3.15. The number of carbonyl (C=O) groups excluding carboxylic acids is 1. The van der Waals surface area contributed by atoms with Crippen molar-refractivity contribution in [3.8, 4) is 0 Å². The highest BCUT2D eigenvalue weighted by Crippen LogP contribution is 2.44. The van der Waals surface area contributed by atoms with Crippen molar-refractivity contribution < 1.29 is 4.79 Å². The number of carbonyl (C=O) groups is 1. The van der Waals surface area contributed by atoms with Gasteiger partial charge in [0.25, 0.3) is 0 Å². The summed E-state index contributed by atoms with van der Waals surface area (Å²) in [6, 6.07) is 16.6. The SMILES string of the molecule is Cc1ccc(/C=C2\CCCC3C2=NN(C(=O)CN=[N+]=[N-])C3c2ccc(C)cc2)cc1. The number of amides is 1. The molecule has 1 saturated carbocycles. The highest BCUT2D eigenvalue weighted by molar-refractivity contribution is 6.08. The molecule has 6 nitrogen and oxygen atoms in total. The molecule has 0 aromatic heterocycles. The number of aryl methyl sites for hydroxylation is 2. The standard InChI is InChI=1S/C24H25N5O/c1-16-6-10-18(11-7-16)14-20-4-3-5-21-23(20)27-29(22(30)15-26-28-25)24(21)19-12-8-17(2)9-13-19/h6-14,21,24H,3-5,15H2,1-2H3/b20-14+. The van der Waals surface area contributed by atoms with Crippen LogP contribution >= 0.6 is 0 Å². The van der Waals surface area contributed by atoms with Gasteiger partial charge in [-0.25, -0.2) is 5.01 Å². The highest BCUT2D eigenvalue weighted by Gasteiger charge is 2.43. The number of fused-ring (bicyclic) bond motifs is 1. The molecular formula is C24H25N5O. The van der Waals surface area contributed by atoms with Gasteiger partial charge < -0.3 is 0 Å². The Hall–Kier alpha value is -3.37. The molecule has 1 aliphatic heterocycles. The minimum Gasteiger partial charge on any atom is -0.273 e. The number of nitrogens with zero attached hydrogens (tertiary/aromatic N) is 5. The molecule has 0 bridgehead atoms. The van der Waals surface area contributed by atoms with Gasteiger partial charge in [-0.1, -0.05) is 64.8 Å². The molecule has 0 saturated heterocycles. The molecule has 0 radical (unpaired) electrons. The van der Waals surface area contributed by atoms with Gasteiger partial charge >= 0.3 is 0 Å². The summed E-state index contributed by atoms with van der Waals surface area (Å²) in [4.78, 5) is 15.6. The van der Waals surface area contributed by atoms with Gasteiger partial charge in [0.1, 0.15) is 6.54 Å². The van der Waals surface area contributed by atoms with Crippen LogP contribution in [0.3, 0.4) is 0 Å². The van der Waals surface area contributed by atoms with E-state index in [1.807, 2.05) is 6.92 Å². The van der Waals surface area contributed by atoms with Crippen molar-refractivity contribution >= 4 is 17.7 Å². The summed E-state index contributed by atoms with van der Waals surface area (Å²) in [6.45, 7) is 3.90. The smallest absolute Gasteiger partial charge is 0.249 e. The molecule has 6 heteroatoms. The van der Waals surface area contributed by atoms with E-state index in [0.717, 1.165) is 36.1 Å². The van der Waals surface area contributed by atoms with Crippen LogP contribution in [0.4, 0.5) is 0 Å². The molecule has 4 rings (SSSR count). The van der Waals surface area contributed by atoms with Crippen molar-refractivity contribution in [2.24, 2.45) is 16.1 Å². The number of hydrogen-bond donors (Lipinski definition) is 0. The number of azide groups is 1. The van der Waals surface area contributed by atoms with Crippen molar-refractivity contribution in [3.05, 3.63) is 86.8 Å². The van der Waals surface area contributed by atoms with E-state index in [1.165, 1.54) is 16.7 Å². The predicted molar refractivity (Wildman–Crippen MR) is 119 cm³/mol. The lowest BCUT2D eigenvalue weighted by molar-refractivity contribution is -0.132. The largest absolute Gasteiger partial charge is 0.273 e. The van der Waals surface area contributed by atoms with Crippen molar-refractivity contribution in [2.75, 3.05) is 6.54 Å². The van der Waals surface area contributed by atoms with E-state index in [-0.39, 0.29) is 24.4 Å². The minimum atomic E-state index is -0.269. The third-order valence-electron chi connectivity index (χ3n) is 5.86. The topological polar surface area (TPSA) is 81.4 Å². The first-order valence-electron chi connectivity index (χ1n) is 10.3. The zero-order chi connectivity index (χ0) is 21.1. The Morgan fingerprint density at radius 3 is 2.50 bits per heavy atom. The molecular weight excluding hydrogens is 374 g/mol. The molecule has 152 valence electrons. The van der Waals surface area contributed by atoms with Gasteiger partial charge in [-0.15, -0.1) is 0 Å². The molecule has 1 heterocycles. The Morgan fingerprint density at radius 2 is 1.83 bits per heavy atom. The second-order valence-corrected chi connectivity index (χ2v) is 8.05. The van der Waals surface area contributed by atoms with Crippen LogP contribution in [0.1, 0.15) is 47.6 Å². The molecule has 2 unspecified atom stereocenters. The van der Waals surface area contributed by atoms with Crippen LogP contribution in [-0.4, -0.2) is 23.2 Å². The summed E-state index contributed by atoms with van der Waals surface area (Å²) in [5.74, 6) is -0.122. The quantitative estimate of drug-likeness (QED) is 0.367. The Morgan fingerprint density at radius 1 is 1.17 bits per heavy atom.